The molecule has 0 fully saturated rings. The zero-order chi connectivity index (χ0) is 28.0. The summed E-state index contributed by atoms with van der Waals surface area (Å²) in [5, 5.41) is 0. The highest BCUT2D eigenvalue weighted by Crippen LogP contribution is 2.35. The highest BCUT2D eigenvalue weighted by Gasteiger charge is 2.43. The van der Waals surface area contributed by atoms with Crippen molar-refractivity contribution in [1.82, 2.24) is 4.90 Å². The van der Waals surface area contributed by atoms with Gasteiger partial charge in [0.2, 0.25) is 0 Å². The molecular weight excluding hydrogens is 502 g/mol. The Labute approximate surface area is 221 Å². The molecule has 0 aliphatic carbocycles. The number of carbonyl (C=O) groups excluding carboxylic acids is 2. The van der Waals surface area contributed by atoms with Crippen molar-refractivity contribution in [3.05, 3.63) is 58.4 Å². The Hall–Kier alpha value is -3.14. The Bertz CT molecular complexity index is 1150. The number of esters is 1. The second-order valence-corrected chi connectivity index (χ2v) is 9.72. The summed E-state index contributed by atoms with van der Waals surface area (Å²) in [4.78, 5) is 29.0. The first-order valence-corrected chi connectivity index (χ1v) is 12.8. The number of hydrogen-bond acceptors (Lipinski definition) is 5. The number of halogens is 4. The number of hydrogen-bond donors (Lipinski definition) is 0. The lowest BCUT2D eigenvalue weighted by Gasteiger charge is -2.35. The molecule has 1 amide bonds. The maximum atomic E-state index is 14.9. The quantitative estimate of drug-likeness (QED) is 0.314. The molecule has 0 saturated heterocycles. The van der Waals surface area contributed by atoms with Crippen LogP contribution < -0.4 is 9.80 Å². The maximum absolute atomic E-state index is 14.9. The molecule has 0 spiro atoms. The maximum Gasteiger partial charge on any atom is 0.471 e. The van der Waals surface area contributed by atoms with Gasteiger partial charge in [0.15, 0.2) is 0 Å². The second-order valence-electron chi connectivity index (χ2n) is 9.72. The minimum Gasteiger partial charge on any atom is -0.466 e. The first-order valence-electron chi connectivity index (χ1n) is 12.8. The van der Waals surface area contributed by atoms with E-state index < -0.39 is 23.9 Å². The first kappa shape index (κ1) is 29.4. The zero-order valence-electron chi connectivity index (χ0n) is 22.3. The lowest BCUT2D eigenvalue weighted by atomic mass is 9.94. The Morgan fingerprint density at radius 1 is 1.11 bits per heavy atom. The molecule has 2 aromatic rings. The molecule has 208 valence electrons. The van der Waals surface area contributed by atoms with Gasteiger partial charge in [-0.3, -0.25) is 9.59 Å². The van der Waals surface area contributed by atoms with Crippen LogP contribution >= 0.6 is 0 Å². The van der Waals surface area contributed by atoms with E-state index in [9.17, 15) is 27.2 Å². The van der Waals surface area contributed by atoms with E-state index in [1.807, 2.05) is 27.1 Å². The summed E-state index contributed by atoms with van der Waals surface area (Å²) < 4.78 is 60.5. The van der Waals surface area contributed by atoms with E-state index >= 15 is 0 Å². The van der Waals surface area contributed by atoms with Gasteiger partial charge < -0.3 is 19.4 Å². The van der Waals surface area contributed by atoms with Gasteiger partial charge in [-0.1, -0.05) is 18.2 Å². The van der Waals surface area contributed by atoms with Gasteiger partial charge in [-0.05, 0) is 81.6 Å². The van der Waals surface area contributed by atoms with Gasteiger partial charge in [-0.2, -0.15) is 13.2 Å². The lowest BCUT2D eigenvalue weighted by molar-refractivity contribution is -0.170. The minimum atomic E-state index is -5.14. The standard InChI is InChI=1S/C28H35F4N3O3/c1-5-38-25(36)13-11-20-10-12-23(17-24(20)29)35(27(37)28(30,31)32)18-22-9-8-21-7-6-14-34(16-15-33(3)4)26(21)19(22)2/h8-10,12,17H,5-7,11,13-16,18H2,1-4H3. The molecule has 0 N–H and O–H groups in total. The summed E-state index contributed by atoms with van der Waals surface area (Å²) in [6, 6.07) is 7.17. The van der Waals surface area contributed by atoms with Crippen LogP contribution in [-0.4, -0.2) is 63.3 Å². The molecule has 1 heterocycles. The number of carbonyl (C=O) groups is 2. The number of aryl methyl sites for hydroxylation is 2. The molecule has 0 radical (unpaired) electrons. The summed E-state index contributed by atoms with van der Waals surface area (Å²) in [5.41, 5.74) is 3.45. The summed E-state index contributed by atoms with van der Waals surface area (Å²) in [5.74, 6) is -3.35. The third-order valence-electron chi connectivity index (χ3n) is 6.70. The van der Waals surface area contributed by atoms with Crippen LogP contribution in [0, 0.1) is 12.7 Å². The molecule has 0 saturated carbocycles. The van der Waals surface area contributed by atoms with Gasteiger partial charge in [-0.15, -0.1) is 0 Å². The normalized spacial score (nSPS) is 13.4. The van der Waals surface area contributed by atoms with Gasteiger partial charge >= 0.3 is 18.1 Å². The van der Waals surface area contributed by atoms with Gasteiger partial charge in [0.1, 0.15) is 5.82 Å². The summed E-state index contributed by atoms with van der Waals surface area (Å²) in [7, 11) is 3.96. The minimum absolute atomic E-state index is 0.0326. The van der Waals surface area contributed by atoms with Crippen molar-refractivity contribution in [2.45, 2.75) is 52.3 Å². The lowest BCUT2D eigenvalue weighted by Crippen LogP contribution is -2.41. The van der Waals surface area contributed by atoms with E-state index in [4.69, 9.17) is 4.74 Å². The highest BCUT2D eigenvalue weighted by molar-refractivity contribution is 5.97. The fraction of sp³-hybridized carbons (Fsp3) is 0.500. The third kappa shape index (κ3) is 7.24. The van der Waals surface area contributed by atoms with Crippen molar-refractivity contribution in [2.75, 3.05) is 50.1 Å². The topological polar surface area (TPSA) is 53.1 Å². The number of likely N-dealkylation sites (N-methyl/N-ethyl adjacent to an activating group) is 1. The van der Waals surface area contributed by atoms with Crippen molar-refractivity contribution in [3.8, 4) is 0 Å². The number of rotatable bonds is 10. The van der Waals surface area contributed by atoms with E-state index in [2.05, 4.69) is 9.80 Å². The van der Waals surface area contributed by atoms with Gasteiger partial charge in [0.25, 0.3) is 0 Å². The predicted molar refractivity (Wildman–Crippen MR) is 139 cm³/mol. The molecule has 0 unspecified atom stereocenters. The Morgan fingerprint density at radius 3 is 2.45 bits per heavy atom. The van der Waals surface area contributed by atoms with E-state index in [1.165, 1.54) is 12.1 Å². The van der Waals surface area contributed by atoms with Crippen LogP contribution in [0.4, 0.5) is 28.9 Å². The van der Waals surface area contributed by atoms with Crippen LogP contribution in [0.1, 0.15) is 42.0 Å². The number of ether oxygens (including phenoxy) is 1. The van der Waals surface area contributed by atoms with Gasteiger partial charge in [0, 0.05) is 37.4 Å². The molecular formula is C28H35F4N3O3. The third-order valence-corrected chi connectivity index (χ3v) is 6.70. The first-order chi connectivity index (χ1) is 17.9. The number of anilines is 2. The fourth-order valence-electron chi connectivity index (χ4n) is 4.71. The number of fused-ring (bicyclic) bond motifs is 1. The van der Waals surface area contributed by atoms with Crippen molar-refractivity contribution in [2.24, 2.45) is 0 Å². The van der Waals surface area contributed by atoms with Crippen LogP contribution in [0.25, 0.3) is 0 Å². The van der Waals surface area contributed by atoms with Crippen LogP contribution in [0.5, 0.6) is 0 Å². The molecule has 0 bridgehead atoms. The summed E-state index contributed by atoms with van der Waals surface area (Å²) >= 11 is 0. The Balaban J connectivity index is 1.93. The molecule has 1 aliphatic heterocycles. The molecule has 0 aromatic heterocycles. The van der Waals surface area contributed by atoms with E-state index in [0.717, 1.165) is 55.4 Å². The van der Waals surface area contributed by atoms with Crippen LogP contribution in [0.3, 0.4) is 0 Å². The van der Waals surface area contributed by atoms with E-state index in [0.29, 0.717) is 10.5 Å². The Morgan fingerprint density at radius 2 is 1.82 bits per heavy atom. The number of amides is 1. The smallest absolute Gasteiger partial charge is 0.466 e. The molecule has 38 heavy (non-hydrogen) atoms. The molecule has 6 nitrogen and oxygen atoms in total. The zero-order valence-corrected chi connectivity index (χ0v) is 22.3. The van der Waals surface area contributed by atoms with Crippen LogP contribution in [0.15, 0.2) is 30.3 Å². The molecule has 0 atom stereocenters. The van der Waals surface area contributed by atoms with Crippen molar-refractivity contribution in [1.29, 1.82) is 0 Å². The summed E-state index contributed by atoms with van der Waals surface area (Å²) in [6.45, 7) is 5.79. The van der Waals surface area contributed by atoms with E-state index in [-0.39, 0.29) is 37.2 Å². The average Bonchev–Trinajstić information content (AvgIpc) is 2.85. The molecule has 1 aliphatic rings. The van der Waals surface area contributed by atoms with Crippen LogP contribution in [-0.2, 0) is 33.7 Å². The fourth-order valence-corrected chi connectivity index (χ4v) is 4.71. The van der Waals surface area contributed by atoms with Crippen molar-refractivity contribution < 1.29 is 31.9 Å². The van der Waals surface area contributed by atoms with Gasteiger partial charge in [0.05, 0.1) is 13.2 Å². The van der Waals surface area contributed by atoms with Crippen molar-refractivity contribution >= 4 is 23.3 Å². The van der Waals surface area contributed by atoms with Crippen LogP contribution in [0.2, 0.25) is 0 Å². The average molecular weight is 538 g/mol. The highest BCUT2D eigenvalue weighted by atomic mass is 19.4. The van der Waals surface area contributed by atoms with Crippen molar-refractivity contribution in [3.63, 3.8) is 0 Å². The number of benzene rings is 2. The number of nitrogens with zero attached hydrogens (tertiary/aromatic N) is 3. The van der Waals surface area contributed by atoms with E-state index in [1.54, 1.807) is 13.0 Å². The Kier molecular flexibility index (Phi) is 9.76. The second kappa shape index (κ2) is 12.6. The molecule has 10 heteroatoms. The molecule has 3 rings (SSSR count). The molecule has 2 aromatic carbocycles. The largest absolute Gasteiger partial charge is 0.471 e. The van der Waals surface area contributed by atoms with Gasteiger partial charge in [-0.25, -0.2) is 4.39 Å². The monoisotopic (exact) mass is 537 g/mol. The predicted octanol–water partition coefficient (Wildman–Crippen LogP) is 5.04. The SMILES string of the molecule is CCOC(=O)CCc1ccc(N(Cc2ccc3c(c2C)N(CCN(C)C)CCC3)C(=O)C(F)(F)F)cc1F. The summed E-state index contributed by atoms with van der Waals surface area (Å²) in [6.07, 6.45) is -3.31. The number of alkyl halides is 3.